The number of carbonyl (C=O) groups is 1. The number of hydrogen-bond acceptors (Lipinski definition) is 7. The number of ether oxygens (including phenoxy) is 1. The number of amides is 1. The lowest BCUT2D eigenvalue weighted by Gasteiger charge is -2.10. The van der Waals surface area contributed by atoms with Gasteiger partial charge in [0.15, 0.2) is 5.13 Å². The topological polar surface area (TPSA) is 108 Å². The van der Waals surface area contributed by atoms with Crippen molar-refractivity contribution in [1.29, 1.82) is 0 Å². The standard InChI is InChI=1S/C22H16FN3O5S/c1-12(7-20(27)25-22-24-10-21(32-22)26(28)29)15-8-16-17(13-3-5-14(23)6-4-13)11-31-19(16)9-18(15)30-2/h3-11H,1-2H3,(H,24,25,27)/b12-7+. The Hall–Kier alpha value is -4.05. The molecule has 32 heavy (non-hydrogen) atoms. The molecule has 2 aromatic carbocycles. The normalized spacial score (nSPS) is 11.5. The molecular formula is C22H16FN3O5S. The molecule has 0 radical (unpaired) electrons. The smallest absolute Gasteiger partial charge is 0.345 e. The van der Waals surface area contributed by atoms with Gasteiger partial charge in [0.2, 0.25) is 5.91 Å². The highest BCUT2D eigenvalue weighted by Crippen LogP contribution is 2.37. The maximum atomic E-state index is 13.3. The van der Waals surface area contributed by atoms with Gasteiger partial charge in [0, 0.05) is 28.7 Å². The number of carbonyl (C=O) groups excluding carboxylic acids is 1. The van der Waals surface area contributed by atoms with Gasteiger partial charge in [-0.25, -0.2) is 9.37 Å². The van der Waals surface area contributed by atoms with E-state index in [0.29, 0.717) is 22.5 Å². The highest BCUT2D eigenvalue weighted by atomic mass is 32.1. The van der Waals surface area contributed by atoms with Crippen molar-refractivity contribution in [2.24, 2.45) is 0 Å². The Morgan fingerprint density at radius 1 is 1.31 bits per heavy atom. The summed E-state index contributed by atoms with van der Waals surface area (Å²) in [6, 6.07) is 9.62. The molecule has 0 saturated heterocycles. The van der Waals surface area contributed by atoms with Crippen molar-refractivity contribution >= 4 is 43.9 Å². The molecule has 162 valence electrons. The SMILES string of the molecule is COc1cc2occ(-c3ccc(F)cc3)c2cc1/C(C)=C/C(=O)Nc1ncc([N+](=O)[O-])s1. The van der Waals surface area contributed by atoms with Crippen molar-refractivity contribution < 1.29 is 23.3 Å². The van der Waals surface area contributed by atoms with Crippen molar-refractivity contribution in [3.05, 3.63) is 76.4 Å². The zero-order valence-electron chi connectivity index (χ0n) is 16.9. The van der Waals surface area contributed by atoms with Gasteiger partial charge < -0.3 is 9.15 Å². The van der Waals surface area contributed by atoms with Crippen LogP contribution < -0.4 is 10.1 Å². The van der Waals surface area contributed by atoms with E-state index in [4.69, 9.17) is 9.15 Å². The van der Waals surface area contributed by atoms with Crippen molar-refractivity contribution in [2.75, 3.05) is 12.4 Å². The Morgan fingerprint density at radius 3 is 2.72 bits per heavy atom. The second-order valence-electron chi connectivity index (χ2n) is 6.78. The van der Waals surface area contributed by atoms with Gasteiger partial charge in [0.1, 0.15) is 23.3 Å². The Labute approximate surface area is 185 Å². The summed E-state index contributed by atoms with van der Waals surface area (Å²) in [5.41, 5.74) is 3.39. The average molecular weight is 453 g/mol. The monoisotopic (exact) mass is 453 g/mol. The Bertz CT molecular complexity index is 1360. The minimum absolute atomic E-state index is 0.126. The van der Waals surface area contributed by atoms with E-state index < -0.39 is 10.8 Å². The zero-order chi connectivity index (χ0) is 22.8. The fraction of sp³-hybridized carbons (Fsp3) is 0.0909. The first-order valence-corrected chi connectivity index (χ1v) is 10.1. The summed E-state index contributed by atoms with van der Waals surface area (Å²) in [6.45, 7) is 1.74. The highest BCUT2D eigenvalue weighted by molar-refractivity contribution is 7.18. The van der Waals surface area contributed by atoms with Crippen LogP contribution >= 0.6 is 11.3 Å². The lowest BCUT2D eigenvalue weighted by molar-refractivity contribution is -0.380. The first kappa shape index (κ1) is 21.2. The van der Waals surface area contributed by atoms with E-state index in [9.17, 15) is 19.3 Å². The molecule has 0 atom stereocenters. The van der Waals surface area contributed by atoms with Crippen LogP contribution in [0.5, 0.6) is 5.75 Å². The number of benzene rings is 2. The van der Waals surface area contributed by atoms with Crippen LogP contribution in [0.15, 0.2) is 59.4 Å². The summed E-state index contributed by atoms with van der Waals surface area (Å²) in [4.78, 5) is 26.5. The number of nitrogens with zero attached hydrogens (tertiary/aromatic N) is 2. The molecule has 2 aromatic heterocycles. The van der Waals surface area contributed by atoms with Crippen LogP contribution in [0.2, 0.25) is 0 Å². The van der Waals surface area contributed by atoms with Gasteiger partial charge >= 0.3 is 5.00 Å². The number of nitro groups is 1. The summed E-state index contributed by atoms with van der Waals surface area (Å²) in [5, 5.41) is 14.0. The maximum Gasteiger partial charge on any atom is 0.345 e. The molecule has 1 amide bonds. The minimum atomic E-state index is -0.571. The highest BCUT2D eigenvalue weighted by Gasteiger charge is 2.16. The number of nitrogens with one attached hydrogen (secondary N) is 1. The molecule has 2 heterocycles. The molecule has 8 nitrogen and oxygen atoms in total. The molecule has 0 spiro atoms. The summed E-state index contributed by atoms with van der Waals surface area (Å²) in [5.74, 6) is -0.317. The van der Waals surface area contributed by atoms with Crippen LogP contribution in [0.25, 0.3) is 27.7 Å². The number of allylic oxidation sites excluding steroid dienone is 1. The van der Waals surface area contributed by atoms with E-state index in [1.807, 2.05) is 6.07 Å². The number of aromatic nitrogens is 1. The van der Waals surface area contributed by atoms with Crippen molar-refractivity contribution in [2.45, 2.75) is 6.92 Å². The molecule has 4 rings (SSSR count). The average Bonchev–Trinajstić information content (AvgIpc) is 3.40. The molecule has 0 fully saturated rings. The van der Waals surface area contributed by atoms with E-state index in [1.54, 1.807) is 31.4 Å². The van der Waals surface area contributed by atoms with Crippen LogP contribution in [-0.2, 0) is 4.79 Å². The van der Waals surface area contributed by atoms with Crippen molar-refractivity contribution in [3.8, 4) is 16.9 Å². The predicted octanol–water partition coefficient (Wildman–Crippen LogP) is 5.65. The first-order chi connectivity index (χ1) is 15.4. The molecule has 0 saturated carbocycles. The summed E-state index contributed by atoms with van der Waals surface area (Å²) in [6.07, 6.45) is 4.03. The number of halogens is 1. The lowest BCUT2D eigenvalue weighted by atomic mass is 9.99. The van der Waals surface area contributed by atoms with Gasteiger partial charge in [-0.05, 0) is 47.6 Å². The summed E-state index contributed by atoms with van der Waals surface area (Å²) < 4.78 is 24.4. The van der Waals surface area contributed by atoms with Gasteiger partial charge in [0.05, 0.1) is 18.3 Å². The molecule has 0 unspecified atom stereocenters. The fourth-order valence-corrected chi connectivity index (χ4v) is 3.84. The van der Waals surface area contributed by atoms with Crippen LogP contribution in [0, 0.1) is 15.9 Å². The molecule has 1 N–H and O–H groups in total. The van der Waals surface area contributed by atoms with Gasteiger partial charge in [-0.3, -0.25) is 20.2 Å². The third kappa shape index (κ3) is 4.21. The van der Waals surface area contributed by atoms with Gasteiger partial charge in [-0.1, -0.05) is 12.1 Å². The molecule has 10 heteroatoms. The van der Waals surface area contributed by atoms with Gasteiger partial charge in [-0.15, -0.1) is 0 Å². The van der Waals surface area contributed by atoms with Crippen molar-refractivity contribution in [3.63, 3.8) is 0 Å². The molecule has 0 aliphatic heterocycles. The van der Waals surface area contributed by atoms with Gasteiger partial charge in [-0.2, -0.15) is 0 Å². The van der Waals surface area contributed by atoms with Crippen LogP contribution in [0.3, 0.4) is 0 Å². The molecule has 0 aliphatic rings. The Balaban J connectivity index is 1.68. The predicted molar refractivity (Wildman–Crippen MR) is 119 cm³/mol. The molecule has 0 bridgehead atoms. The lowest BCUT2D eigenvalue weighted by Crippen LogP contribution is -2.08. The van der Waals surface area contributed by atoms with E-state index in [1.165, 1.54) is 25.3 Å². The number of thiazole rings is 1. The first-order valence-electron chi connectivity index (χ1n) is 9.30. The summed E-state index contributed by atoms with van der Waals surface area (Å²) >= 11 is 0.768. The second-order valence-corrected chi connectivity index (χ2v) is 7.79. The molecular weight excluding hydrogens is 437 g/mol. The number of hydrogen-bond donors (Lipinski definition) is 1. The van der Waals surface area contributed by atoms with E-state index >= 15 is 0 Å². The van der Waals surface area contributed by atoms with Crippen molar-refractivity contribution in [1.82, 2.24) is 4.98 Å². The van der Waals surface area contributed by atoms with Crippen LogP contribution in [0.4, 0.5) is 14.5 Å². The number of furan rings is 1. The van der Waals surface area contributed by atoms with Crippen LogP contribution in [-0.4, -0.2) is 22.9 Å². The fourth-order valence-electron chi connectivity index (χ4n) is 3.21. The third-order valence-electron chi connectivity index (χ3n) is 4.73. The number of anilines is 1. The van der Waals surface area contributed by atoms with Gasteiger partial charge in [0.25, 0.3) is 0 Å². The molecule has 0 aliphatic carbocycles. The zero-order valence-corrected chi connectivity index (χ0v) is 17.7. The number of fused-ring (bicyclic) bond motifs is 1. The van der Waals surface area contributed by atoms with E-state index in [2.05, 4.69) is 10.3 Å². The largest absolute Gasteiger partial charge is 0.496 e. The van der Waals surface area contributed by atoms with Crippen LogP contribution in [0.1, 0.15) is 12.5 Å². The number of methoxy groups -OCH3 is 1. The Morgan fingerprint density at radius 2 is 2.06 bits per heavy atom. The third-order valence-corrected chi connectivity index (χ3v) is 5.59. The van der Waals surface area contributed by atoms with E-state index in [-0.39, 0.29) is 15.9 Å². The second kappa shape index (κ2) is 8.60. The Kier molecular flexibility index (Phi) is 5.69. The minimum Gasteiger partial charge on any atom is -0.496 e. The van der Waals surface area contributed by atoms with E-state index in [0.717, 1.165) is 34.0 Å². The summed E-state index contributed by atoms with van der Waals surface area (Å²) in [7, 11) is 1.51. The number of rotatable bonds is 6. The quantitative estimate of drug-likeness (QED) is 0.229. The molecule has 4 aromatic rings. The maximum absolute atomic E-state index is 13.3.